The van der Waals surface area contributed by atoms with Crippen molar-refractivity contribution in [2.45, 2.75) is 26.2 Å². The number of hydrogen-bond donors (Lipinski definition) is 2. The first-order valence-electron chi connectivity index (χ1n) is 8.05. The van der Waals surface area contributed by atoms with Gasteiger partial charge in [-0.2, -0.15) is 0 Å². The molecule has 0 saturated carbocycles. The molecule has 2 aromatic carbocycles. The average molecular weight is 345 g/mol. The molecule has 2 aromatic rings. The zero-order valence-electron chi connectivity index (χ0n) is 13.6. The summed E-state index contributed by atoms with van der Waals surface area (Å²) in [7, 11) is 0. The Labute approximate surface area is 147 Å². The number of unbranched alkanes of at least 4 members (excludes halogenated alkanes) is 2. The van der Waals surface area contributed by atoms with Gasteiger partial charge < -0.3 is 10.6 Å². The number of amides is 2. The van der Waals surface area contributed by atoms with E-state index in [0.717, 1.165) is 19.3 Å². The van der Waals surface area contributed by atoms with Crippen LogP contribution in [0.1, 0.15) is 46.9 Å². The lowest BCUT2D eigenvalue weighted by molar-refractivity contribution is 0.0953. The van der Waals surface area contributed by atoms with Crippen LogP contribution in [0.4, 0.5) is 5.69 Å². The van der Waals surface area contributed by atoms with Crippen molar-refractivity contribution < 1.29 is 9.59 Å². The highest BCUT2D eigenvalue weighted by Gasteiger charge is 2.10. The molecule has 126 valence electrons. The van der Waals surface area contributed by atoms with E-state index in [1.165, 1.54) is 0 Å². The summed E-state index contributed by atoms with van der Waals surface area (Å²) < 4.78 is 0. The highest BCUT2D eigenvalue weighted by Crippen LogP contribution is 2.16. The quantitative estimate of drug-likeness (QED) is 0.726. The Morgan fingerprint density at radius 3 is 2.38 bits per heavy atom. The van der Waals surface area contributed by atoms with E-state index < -0.39 is 0 Å². The fourth-order valence-corrected chi connectivity index (χ4v) is 2.44. The molecule has 2 amide bonds. The van der Waals surface area contributed by atoms with Gasteiger partial charge in [0.1, 0.15) is 0 Å². The maximum Gasteiger partial charge on any atom is 0.255 e. The molecule has 0 aliphatic heterocycles. The number of nitrogens with one attached hydrogen (secondary N) is 2. The Morgan fingerprint density at radius 1 is 0.958 bits per heavy atom. The smallest absolute Gasteiger partial charge is 0.255 e. The van der Waals surface area contributed by atoms with Crippen LogP contribution in [0.2, 0.25) is 5.02 Å². The zero-order valence-corrected chi connectivity index (χ0v) is 14.4. The van der Waals surface area contributed by atoms with Gasteiger partial charge in [0.15, 0.2) is 0 Å². The molecule has 2 rings (SSSR count). The minimum absolute atomic E-state index is 0.163. The second-order valence-corrected chi connectivity index (χ2v) is 5.94. The molecule has 0 radical (unpaired) electrons. The van der Waals surface area contributed by atoms with Crippen LogP contribution in [0, 0.1) is 0 Å². The van der Waals surface area contributed by atoms with Crippen molar-refractivity contribution in [1.82, 2.24) is 5.32 Å². The monoisotopic (exact) mass is 344 g/mol. The Bertz CT molecular complexity index is 716. The van der Waals surface area contributed by atoms with Gasteiger partial charge in [0.05, 0.1) is 0 Å². The second kappa shape index (κ2) is 9.08. The van der Waals surface area contributed by atoms with Crippen LogP contribution in [0.25, 0.3) is 0 Å². The van der Waals surface area contributed by atoms with Crippen LogP contribution in [-0.2, 0) is 0 Å². The van der Waals surface area contributed by atoms with Crippen molar-refractivity contribution in [2.75, 3.05) is 11.9 Å². The number of benzene rings is 2. The Morgan fingerprint density at radius 2 is 1.67 bits per heavy atom. The minimum atomic E-state index is -0.280. The molecule has 4 nitrogen and oxygen atoms in total. The van der Waals surface area contributed by atoms with Gasteiger partial charge in [0.25, 0.3) is 11.8 Å². The molecule has 0 aromatic heterocycles. The van der Waals surface area contributed by atoms with Gasteiger partial charge in [0, 0.05) is 28.4 Å². The van der Waals surface area contributed by atoms with Gasteiger partial charge in [-0.1, -0.05) is 43.5 Å². The van der Waals surface area contributed by atoms with Gasteiger partial charge in [-0.25, -0.2) is 0 Å². The van der Waals surface area contributed by atoms with Gasteiger partial charge in [-0.05, 0) is 42.8 Å². The first-order valence-corrected chi connectivity index (χ1v) is 8.43. The molecule has 0 aliphatic carbocycles. The summed E-state index contributed by atoms with van der Waals surface area (Å²) in [5.74, 6) is -0.443. The third-order valence-corrected chi connectivity index (χ3v) is 3.77. The first-order chi connectivity index (χ1) is 11.6. The second-order valence-electron chi connectivity index (χ2n) is 5.51. The van der Waals surface area contributed by atoms with E-state index in [9.17, 15) is 9.59 Å². The standard InChI is InChI=1S/C19H21ClN2O2/c1-2-3-4-11-21-18(23)14-7-5-8-15(12-14)19(24)22-17-10-6-9-16(20)13-17/h5-10,12-13H,2-4,11H2,1H3,(H,21,23)(H,22,24). The van der Waals surface area contributed by atoms with Crippen LogP contribution in [0.15, 0.2) is 48.5 Å². The zero-order chi connectivity index (χ0) is 17.4. The predicted octanol–water partition coefficient (Wildman–Crippen LogP) is 4.51. The number of anilines is 1. The molecule has 0 heterocycles. The summed E-state index contributed by atoms with van der Waals surface area (Å²) in [4.78, 5) is 24.4. The molecule has 0 aliphatic rings. The number of carbonyl (C=O) groups excluding carboxylic acids is 2. The summed E-state index contributed by atoms with van der Waals surface area (Å²) in [5.41, 5.74) is 1.52. The molecule has 0 saturated heterocycles. The maximum atomic E-state index is 12.3. The van der Waals surface area contributed by atoms with E-state index in [2.05, 4.69) is 17.6 Å². The summed E-state index contributed by atoms with van der Waals surface area (Å²) in [6, 6.07) is 13.6. The fraction of sp³-hybridized carbons (Fsp3) is 0.263. The molecule has 2 N–H and O–H groups in total. The fourth-order valence-electron chi connectivity index (χ4n) is 2.25. The molecule has 0 fully saturated rings. The molecule has 0 bridgehead atoms. The molecule has 24 heavy (non-hydrogen) atoms. The average Bonchev–Trinajstić information content (AvgIpc) is 2.58. The lowest BCUT2D eigenvalue weighted by atomic mass is 10.1. The third kappa shape index (κ3) is 5.39. The van der Waals surface area contributed by atoms with E-state index >= 15 is 0 Å². The van der Waals surface area contributed by atoms with Gasteiger partial charge >= 0.3 is 0 Å². The number of halogens is 1. The van der Waals surface area contributed by atoms with Crippen LogP contribution < -0.4 is 10.6 Å². The van der Waals surface area contributed by atoms with E-state index in [1.54, 1.807) is 48.5 Å². The lowest BCUT2D eigenvalue weighted by Gasteiger charge is -2.08. The summed E-state index contributed by atoms with van der Waals surface area (Å²) in [6.45, 7) is 2.76. The normalized spacial score (nSPS) is 10.2. The third-order valence-electron chi connectivity index (χ3n) is 3.54. The SMILES string of the molecule is CCCCCNC(=O)c1cccc(C(=O)Nc2cccc(Cl)c2)c1. The number of rotatable bonds is 7. The number of hydrogen-bond acceptors (Lipinski definition) is 2. The predicted molar refractivity (Wildman–Crippen MR) is 97.7 cm³/mol. The van der Waals surface area contributed by atoms with E-state index in [0.29, 0.717) is 28.4 Å². The van der Waals surface area contributed by atoms with Crippen LogP contribution in [0.5, 0.6) is 0 Å². The Balaban J connectivity index is 2.01. The minimum Gasteiger partial charge on any atom is -0.352 e. The lowest BCUT2D eigenvalue weighted by Crippen LogP contribution is -2.24. The molecular weight excluding hydrogens is 324 g/mol. The van der Waals surface area contributed by atoms with Gasteiger partial charge in [0.2, 0.25) is 0 Å². The van der Waals surface area contributed by atoms with Crippen LogP contribution in [0.3, 0.4) is 0 Å². The van der Waals surface area contributed by atoms with Crippen molar-refractivity contribution in [1.29, 1.82) is 0 Å². The highest BCUT2D eigenvalue weighted by molar-refractivity contribution is 6.31. The molecule has 0 spiro atoms. The molecule has 5 heteroatoms. The van der Waals surface area contributed by atoms with Crippen molar-refractivity contribution in [3.05, 3.63) is 64.7 Å². The topological polar surface area (TPSA) is 58.2 Å². The summed E-state index contributed by atoms with van der Waals surface area (Å²) in [6.07, 6.45) is 3.15. The first kappa shape index (κ1) is 18.0. The maximum absolute atomic E-state index is 12.3. The van der Waals surface area contributed by atoms with Gasteiger partial charge in [-0.15, -0.1) is 0 Å². The van der Waals surface area contributed by atoms with Crippen molar-refractivity contribution in [3.8, 4) is 0 Å². The van der Waals surface area contributed by atoms with Crippen molar-refractivity contribution in [2.24, 2.45) is 0 Å². The van der Waals surface area contributed by atoms with Crippen LogP contribution in [-0.4, -0.2) is 18.4 Å². The van der Waals surface area contributed by atoms with Crippen molar-refractivity contribution in [3.63, 3.8) is 0 Å². The molecule has 0 unspecified atom stereocenters. The molecule has 0 atom stereocenters. The summed E-state index contributed by atoms with van der Waals surface area (Å²) in [5, 5.41) is 6.19. The Kier molecular flexibility index (Phi) is 6.82. The number of carbonyl (C=O) groups is 2. The summed E-state index contributed by atoms with van der Waals surface area (Å²) >= 11 is 5.91. The van der Waals surface area contributed by atoms with E-state index in [4.69, 9.17) is 11.6 Å². The highest BCUT2D eigenvalue weighted by atomic mass is 35.5. The van der Waals surface area contributed by atoms with Crippen molar-refractivity contribution >= 4 is 29.1 Å². The largest absolute Gasteiger partial charge is 0.352 e. The molecular formula is C19H21ClN2O2. The van der Waals surface area contributed by atoms with E-state index in [-0.39, 0.29) is 11.8 Å². The van der Waals surface area contributed by atoms with E-state index in [1.807, 2.05) is 0 Å². The Hall–Kier alpha value is -2.33. The van der Waals surface area contributed by atoms with Crippen LogP contribution >= 0.6 is 11.6 Å². The van der Waals surface area contributed by atoms with Gasteiger partial charge in [-0.3, -0.25) is 9.59 Å².